The smallest absolute Gasteiger partial charge is 0.145 e. The molecule has 1 aromatic rings. The van der Waals surface area contributed by atoms with Crippen LogP contribution in [0.25, 0.3) is 0 Å². The van der Waals surface area contributed by atoms with E-state index in [1.54, 1.807) is 7.05 Å². The number of nitrogens with zero attached hydrogens (tertiary/aromatic N) is 2. The van der Waals surface area contributed by atoms with Gasteiger partial charge >= 0.3 is 0 Å². The minimum Gasteiger partial charge on any atom is -0.391 e. The fraction of sp³-hybridized carbons (Fsp3) is 0.350. The van der Waals surface area contributed by atoms with Crippen molar-refractivity contribution in [3.8, 4) is 0 Å². The Bertz CT molecular complexity index is 732. The van der Waals surface area contributed by atoms with Gasteiger partial charge in [0.05, 0.1) is 11.4 Å². The molecule has 0 fully saturated rings. The normalized spacial score (nSPS) is 16.1. The van der Waals surface area contributed by atoms with Crippen molar-refractivity contribution in [3.63, 3.8) is 0 Å². The van der Waals surface area contributed by atoms with Crippen LogP contribution in [0.4, 0.5) is 0 Å². The van der Waals surface area contributed by atoms with Gasteiger partial charge in [-0.2, -0.15) is 0 Å². The lowest BCUT2D eigenvalue weighted by atomic mass is 10.1. The van der Waals surface area contributed by atoms with E-state index in [1.807, 2.05) is 19.1 Å². The lowest BCUT2D eigenvalue weighted by Gasteiger charge is -2.18. The maximum atomic E-state index is 6.38. The van der Waals surface area contributed by atoms with Crippen LogP contribution in [0.2, 0.25) is 0 Å². The number of hydrazine groups is 1. The molecule has 0 aromatic heterocycles. The van der Waals surface area contributed by atoms with Crippen LogP contribution in [0.3, 0.4) is 0 Å². The number of aryl methyl sites for hydroxylation is 2. The van der Waals surface area contributed by atoms with Crippen LogP contribution >= 0.6 is 11.6 Å². The Balaban J connectivity index is 2.16. The largest absolute Gasteiger partial charge is 0.391 e. The Morgan fingerprint density at radius 3 is 2.88 bits per heavy atom. The third kappa shape index (κ3) is 4.97. The van der Waals surface area contributed by atoms with Gasteiger partial charge in [0.15, 0.2) is 0 Å². The van der Waals surface area contributed by atoms with E-state index in [-0.39, 0.29) is 6.61 Å². The highest BCUT2D eigenvalue weighted by Gasteiger charge is 2.18. The highest BCUT2D eigenvalue weighted by atomic mass is 35.5. The van der Waals surface area contributed by atoms with Crippen LogP contribution in [-0.4, -0.2) is 24.4 Å². The number of fused-ring (bicyclic) bond motifs is 1. The third-order valence-corrected chi connectivity index (χ3v) is 4.51. The Labute approximate surface area is 155 Å². The summed E-state index contributed by atoms with van der Waals surface area (Å²) in [6.07, 6.45) is 6.61. The summed E-state index contributed by atoms with van der Waals surface area (Å²) in [5.41, 5.74) is 6.03. The second-order valence-corrected chi connectivity index (χ2v) is 6.57. The van der Waals surface area contributed by atoms with E-state index in [1.165, 1.54) is 21.7 Å². The molecule has 1 aliphatic rings. The van der Waals surface area contributed by atoms with Crippen LogP contribution in [0.5, 0.6) is 0 Å². The molecule has 0 atom stereocenters. The number of oxime groups is 1. The maximum Gasteiger partial charge on any atom is 0.145 e. The van der Waals surface area contributed by atoms with Gasteiger partial charge in [-0.15, -0.1) is 0 Å². The molecule has 0 aliphatic heterocycles. The first kappa shape index (κ1) is 19.3. The number of hydrogen-bond acceptors (Lipinski definition) is 4. The zero-order valence-corrected chi connectivity index (χ0v) is 15.9. The number of rotatable bonds is 7. The summed E-state index contributed by atoms with van der Waals surface area (Å²) in [4.78, 5) is 5.62. The quantitative estimate of drug-likeness (QED) is 0.445. The van der Waals surface area contributed by atoms with E-state index < -0.39 is 0 Å². The monoisotopic (exact) mass is 359 g/mol. The van der Waals surface area contributed by atoms with Crippen LogP contribution in [0.15, 0.2) is 58.4 Å². The second-order valence-electron chi connectivity index (χ2n) is 6.17. The number of likely N-dealkylation sites (N-methyl/N-ethyl adjacent to an activating group) is 1. The van der Waals surface area contributed by atoms with Gasteiger partial charge in [0.1, 0.15) is 6.61 Å². The average molecular weight is 360 g/mol. The summed E-state index contributed by atoms with van der Waals surface area (Å²) in [5, 5.41) is 6.34. The molecule has 0 saturated carbocycles. The van der Waals surface area contributed by atoms with E-state index in [2.05, 4.69) is 36.9 Å². The molecule has 4 nitrogen and oxygen atoms in total. The first-order chi connectivity index (χ1) is 11.9. The first-order valence-electron chi connectivity index (χ1n) is 8.45. The molecule has 1 aromatic carbocycles. The highest BCUT2D eigenvalue weighted by molar-refractivity contribution is 6.31. The fourth-order valence-corrected chi connectivity index (χ4v) is 2.91. The van der Waals surface area contributed by atoms with Crippen molar-refractivity contribution >= 4 is 17.3 Å². The van der Waals surface area contributed by atoms with E-state index in [0.717, 1.165) is 30.5 Å². The third-order valence-electron chi connectivity index (χ3n) is 4.15. The molecule has 0 bridgehead atoms. The molecule has 0 heterocycles. The SMILES string of the molecule is C=C(/C(CON=C1CCc2ccc(C)cc21)=C(Cl)\C=C/CC)N(C)N. The summed E-state index contributed by atoms with van der Waals surface area (Å²) in [6, 6.07) is 6.45. The van der Waals surface area contributed by atoms with Crippen LogP contribution in [0, 0.1) is 6.92 Å². The molecule has 0 radical (unpaired) electrons. The number of allylic oxidation sites excluding steroid dienone is 3. The van der Waals surface area contributed by atoms with Crippen molar-refractivity contribution in [3.05, 3.63) is 69.9 Å². The van der Waals surface area contributed by atoms with E-state index in [0.29, 0.717) is 10.7 Å². The topological polar surface area (TPSA) is 50.8 Å². The number of nitrogens with two attached hydrogens (primary N) is 1. The predicted octanol–water partition coefficient (Wildman–Crippen LogP) is 4.44. The molecule has 0 saturated heterocycles. The lowest BCUT2D eigenvalue weighted by Crippen LogP contribution is -2.26. The van der Waals surface area contributed by atoms with Gasteiger partial charge < -0.3 is 9.85 Å². The van der Waals surface area contributed by atoms with Gasteiger partial charge in [0, 0.05) is 23.2 Å². The van der Waals surface area contributed by atoms with Gasteiger partial charge in [-0.1, -0.05) is 54.0 Å². The summed E-state index contributed by atoms with van der Waals surface area (Å²) < 4.78 is 0. The Kier molecular flexibility index (Phi) is 6.85. The maximum absolute atomic E-state index is 6.38. The molecule has 134 valence electrons. The number of benzene rings is 1. The van der Waals surface area contributed by atoms with Gasteiger partial charge in [-0.3, -0.25) is 0 Å². The molecule has 1 aliphatic carbocycles. The zero-order valence-electron chi connectivity index (χ0n) is 15.2. The molecule has 2 rings (SSSR count). The number of halogens is 1. The molecule has 0 amide bonds. The van der Waals surface area contributed by atoms with Crippen molar-refractivity contribution < 1.29 is 4.84 Å². The minimum absolute atomic E-state index is 0.220. The summed E-state index contributed by atoms with van der Waals surface area (Å²) in [6.45, 7) is 8.33. The van der Waals surface area contributed by atoms with Gasteiger partial charge in [0.2, 0.25) is 0 Å². The fourth-order valence-electron chi connectivity index (χ4n) is 2.66. The van der Waals surface area contributed by atoms with Crippen molar-refractivity contribution in [2.24, 2.45) is 11.0 Å². The summed E-state index contributed by atoms with van der Waals surface area (Å²) >= 11 is 6.38. The van der Waals surface area contributed by atoms with Crippen LogP contribution in [0.1, 0.15) is 36.5 Å². The van der Waals surface area contributed by atoms with Crippen LogP contribution < -0.4 is 5.84 Å². The molecule has 25 heavy (non-hydrogen) atoms. The number of hydrogen-bond donors (Lipinski definition) is 1. The summed E-state index contributed by atoms with van der Waals surface area (Å²) in [7, 11) is 1.72. The molecule has 5 heteroatoms. The van der Waals surface area contributed by atoms with Crippen molar-refractivity contribution in [2.75, 3.05) is 13.7 Å². The second kappa shape index (κ2) is 8.88. The average Bonchev–Trinajstić information content (AvgIpc) is 2.98. The molecule has 2 N–H and O–H groups in total. The standard InChI is InChI=1S/C20H26ClN3O/c1-5-6-7-19(21)18(15(3)24(4)22)13-25-23-20-11-10-16-9-8-14(2)12-17(16)20/h6-9,12H,3,5,10-11,13,22H2,1-2,4H3/b7-6-,19-18+,23-20?. The van der Waals surface area contributed by atoms with Gasteiger partial charge in [-0.25, -0.2) is 5.84 Å². The molecule has 0 unspecified atom stereocenters. The Morgan fingerprint density at radius 2 is 2.20 bits per heavy atom. The highest BCUT2D eigenvalue weighted by Crippen LogP contribution is 2.25. The Morgan fingerprint density at radius 1 is 1.44 bits per heavy atom. The van der Waals surface area contributed by atoms with Crippen LogP contribution in [-0.2, 0) is 11.3 Å². The molecular formula is C20H26ClN3O. The van der Waals surface area contributed by atoms with Crippen molar-refractivity contribution in [2.45, 2.75) is 33.1 Å². The van der Waals surface area contributed by atoms with Crippen molar-refractivity contribution in [1.82, 2.24) is 5.01 Å². The molecule has 0 spiro atoms. The summed E-state index contributed by atoms with van der Waals surface area (Å²) in [5.74, 6) is 5.80. The van der Waals surface area contributed by atoms with Crippen molar-refractivity contribution in [1.29, 1.82) is 0 Å². The van der Waals surface area contributed by atoms with Gasteiger partial charge in [0.25, 0.3) is 0 Å². The Hall–Kier alpha value is -2.04. The van der Waals surface area contributed by atoms with E-state index in [9.17, 15) is 0 Å². The van der Waals surface area contributed by atoms with E-state index >= 15 is 0 Å². The first-order valence-corrected chi connectivity index (χ1v) is 8.83. The molecular weight excluding hydrogens is 334 g/mol. The lowest BCUT2D eigenvalue weighted by molar-refractivity contribution is 0.166. The van der Waals surface area contributed by atoms with E-state index in [4.69, 9.17) is 22.3 Å². The minimum atomic E-state index is 0.220. The predicted molar refractivity (Wildman–Crippen MR) is 105 cm³/mol. The van der Waals surface area contributed by atoms with Gasteiger partial charge in [-0.05, 0) is 43.9 Å². The zero-order chi connectivity index (χ0) is 18.4.